The highest BCUT2D eigenvalue weighted by Crippen LogP contribution is 2.16. The van der Waals surface area contributed by atoms with Gasteiger partial charge in [0.1, 0.15) is 0 Å². The lowest BCUT2D eigenvalue weighted by Crippen LogP contribution is -2.54. The Morgan fingerprint density at radius 3 is 2.15 bits per heavy atom. The summed E-state index contributed by atoms with van der Waals surface area (Å²) in [5.41, 5.74) is 0. The molecule has 1 rings (SSSR count). The average molecular weight is 214 g/mol. The highest BCUT2D eigenvalue weighted by atomic mass is 35.6. The highest BCUT2D eigenvalue weighted by Gasteiger charge is 2.33. The van der Waals surface area contributed by atoms with Gasteiger partial charge in [-0.25, -0.2) is 0 Å². The van der Waals surface area contributed by atoms with Crippen molar-refractivity contribution in [2.24, 2.45) is 0 Å². The van der Waals surface area contributed by atoms with Crippen LogP contribution in [-0.2, 0) is 0 Å². The zero-order chi connectivity index (χ0) is 9.90. The molecule has 0 spiro atoms. The summed E-state index contributed by atoms with van der Waals surface area (Å²) in [4.78, 5) is 0. The van der Waals surface area contributed by atoms with Crippen LogP contribution in [0.15, 0.2) is 30.3 Å². The summed E-state index contributed by atoms with van der Waals surface area (Å²) in [6, 6.07) is 11.4. The predicted octanol–water partition coefficient (Wildman–Crippen LogP) is 2.16. The van der Waals surface area contributed by atoms with E-state index in [1.807, 2.05) is 6.07 Å². The van der Waals surface area contributed by atoms with Crippen LogP contribution < -0.4 is 5.19 Å². The lowest BCUT2D eigenvalue weighted by atomic mass is 10.4. The van der Waals surface area contributed by atoms with E-state index < -0.39 is 7.55 Å². The van der Waals surface area contributed by atoms with Crippen LogP contribution in [0.25, 0.3) is 0 Å². The first-order valence-corrected chi connectivity index (χ1v) is 7.69. The Morgan fingerprint density at radius 1 is 1.23 bits per heavy atom. The molecule has 1 unspecified atom stereocenters. The molecule has 0 N–H and O–H groups in total. The average Bonchev–Trinajstić information content (AvgIpc) is 2.17. The SMILES string of the molecule is CC[Si](Cl)(c1ccccc1)N(C)C. The van der Waals surface area contributed by atoms with Crippen LogP contribution in [-0.4, -0.2) is 26.2 Å². The van der Waals surface area contributed by atoms with Gasteiger partial charge in [-0.2, -0.15) is 0 Å². The lowest BCUT2D eigenvalue weighted by molar-refractivity contribution is 0.639. The predicted molar refractivity (Wildman–Crippen MR) is 61.9 cm³/mol. The largest absolute Gasteiger partial charge is 0.314 e. The van der Waals surface area contributed by atoms with E-state index in [0.717, 1.165) is 6.04 Å². The number of hydrogen-bond acceptors (Lipinski definition) is 1. The van der Waals surface area contributed by atoms with E-state index in [4.69, 9.17) is 11.1 Å². The molecular formula is C10H16ClNSi. The van der Waals surface area contributed by atoms with Crippen molar-refractivity contribution in [2.75, 3.05) is 14.1 Å². The topological polar surface area (TPSA) is 3.24 Å². The maximum absolute atomic E-state index is 6.65. The molecule has 1 aromatic rings. The Hall–Kier alpha value is -0.313. The number of rotatable bonds is 3. The molecule has 0 saturated carbocycles. The third kappa shape index (κ3) is 2.13. The molecule has 0 aromatic heterocycles. The van der Waals surface area contributed by atoms with Gasteiger partial charge in [-0.1, -0.05) is 37.3 Å². The van der Waals surface area contributed by atoms with E-state index in [9.17, 15) is 0 Å². The maximum atomic E-state index is 6.65. The van der Waals surface area contributed by atoms with Crippen LogP contribution >= 0.6 is 11.1 Å². The Balaban J connectivity index is 3.03. The van der Waals surface area contributed by atoms with Crippen molar-refractivity contribution in [2.45, 2.75) is 13.0 Å². The van der Waals surface area contributed by atoms with E-state index in [0.29, 0.717) is 0 Å². The standard InChI is InChI=1S/C10H16ClNSi/c1-4-13(11,12(2)3)10-8-6-5-7-9-10/h5-9H,4H2,1-3H3. The van der Waals surface area contributed by atoms with E-state index in [-0.39, 0.29) is 0 Å². The fourth-order valence-electron chi connectivity index (χ4n) is 1.47. The second-order valence-corrected chi connectivity index (χ2v) is 8.95. The number of halogens is 1. The molecular weight excluding hydrogens is 198 g/mol. The van der Waals surface area contributed by atoms with Gasteiger partial charge in [0.15, 0.2) is 0 Å². The van der Waals surface area contributed by atoms with Crippen LogP contribution in [0.1, 0.15) is 6.92 Å². The normalized spacial score (nSPS) is 15.8. The van der Waals surface area contributed by atoms with Crippen LogP contribution in [0.2, 0.25) is 6.04 Å². The van der Waals surface area contributed by atoms with E-state index >= 15 is 0 Å². The molecule has 0 saturated heterocycles. The zero-order valence-corrected chi connectivity index (χ0v) is 10.2. The minimum atomic E-state index is -1.87. The van der Waals surface area contributed by atoms with Crippen molar-refractivity contribution in [1.82, 2.24) is 4.57 Å². The zero-order valence-electron chi connectivity index (χ0n) is 8.42. The van der Waals surface area contributed by atoms with Gasteiger partial charge in [0.25, 0.3) is 7.55 Å². The van der Waals surface area contributed by atoms with E-state index in [1.54, 1.807) is 0 Å². The van der Waals surface area contributed by atoms with Gasteiger partial charge in [0, 0.05) is 0 Å². The van der Waals surface area contributed by atoms with Gasteiger partial charge in [-0.05, 0) is 25.3 Å². The summed E-state index contributed by atoms with van der Waals surface area (Å²) >= 11 is 6.65. The summed E-state index contributed by atoms with van der Waals surface area (Å²) in [7, 11) is 2.26. The summed E-state index contributed by atoms with van der Waals surface area (Å²) in [5.74, 6) is 0. The molecule has 0 aliphatic heterocycles. The molecule has 3 heteroatoms. The van der Waals surface area contributed by atoms with Gasteiger partial charge < -0.3 is 4.57 Å². The molecule has 0 amide bonds. The Morgan fingerprint density at radius 2 is 1.77 bits per heavy atom. The minimum absolute atomic E-state index is 1.03. The molecule has 0 aliphatic rings. The first-order valence-electron chi connectivity index (χ1n) is 4.53. The third-order valence-corrected chi connectivity index (χ3v) is 8.44. The summed E-state index contributed by atoms with van der Waals surface area (Å²) in [6.07, 6.45) is 0. The smallest absolute Gasteiger partial charge is 0.259 e. The van der Waals surface area contributed by atoms with Crippen LogP contribution in [0.3, 0.4) is 0 Å². The summed E-state index contributed by atoms with van der Waals surface area (Å²) in [5, 5.41) is 1.30. The monoisotopic (exact) mass is 213 g/mol. The molecule has 0 bridgehead atoms. The van der Waals surface area contributed by atoms with Crippen molar-refractivity contribution in [3.05, 3.63) is 30.3 Å². The van der Waals surface area contributed by atoms with Crippen molar-refractivity contribution >= 4 is 23.8 Å². The van der Waals surface area contributed by atoms with Crippen molar-refractivity contribution in [1.29, 1.82) is 0 Å². The minimum Gasteiger partial charge on any atom is -0.314 e. The third-order valence-electron chi connectivity index (χ3n) is 2.39. The maximum Gasteiger partial charge on any atom is 0.259 e. The molecule has 13 heavy (non-hydrogen) atoms. The Labute approximate surface area is 86.1 Å². The second-order valence-electron chi connectivity index (χ2n) is 3.37. The molecule has 1 atom stereocenters. The molecule has 1 nitrogen and oxygen atoms in total. The van der Waals surface area contributed by atoms with Crippen molar-refractivity contribution in [3.63, 3.8) is 0 Å². The van der Waals surface area contributed by atoms with Gasteiger partial charge in [-0.3, -0.25) is 0 Å². The number of nitrogens with zero attached hydrogens (tertiary/aromatic N) is 1. The quantitative estimate of drug-likeness (QED) is 0.550. The number of hydrogen-bond donors (Lipinski definition) is 0. The van der Waals surface area contributed by atoms with E-state index in [1.165, 1.54) is 5.19 Å². The van der Waals surface area contributed by atoms with Crippen LogP contribution in [0.5, 0.6) is 0 Å². The molecule has 0 fully saturated rings. The van der Waals surface area contributed by atoms with E-state index in [2.05, 4.69) is 49.9 Å². The van der Waals surface area contributed by atoms with Crippen LogP contribution in [0, 0.1) is 0 Å². The van der Waals surface area contributed by atoms with Crippen LogP contribution in [0.4, 0.5) is 0 Å². The van der Waals surface area contributed by atoms with Gasteiger partial charge in [-0.15, -0.1) is 11.1 Å². The summed E-state index contributed by atoms with van der Waals surface area (Å²) < 4.78 is 2.18. The van der Waals surface area contributed by atoms with Crippen molar-refractivity contribution < 1.29 is 0 Å². The first-order chi connectivity index (χ1) is 6.11. The Bertz CT molecular complexity index is 263. The van der Waals surface area contributed by atoms with Gasteiger partial charge in [0.05, 0.1) is 0 Å². The molecule has 0 aliphatic carbocycles. The summed E-state index contributed by atoms with van der Waals surface area (Å²) in [6.45, 7) is 2.16. The van der Waals surface area contributed by atoms with Gasteiger partial charge >= 0.3 is 0 Å². The fraction of sp³-hybridized carbons (Fsp3) is 0.400. The molecule has 0 heterocycles. The molecule has 1 aromatic carbocycles. The van der Waals surface area contributed by atoms with Crippen molar-refractivity contribution in [3.8, 4) is 0 Å². The fourth-order valence-corrected chi connectivity index (χ4v) is 4.11. The highest BCUT2D eigenvalue weighted by molar-refractivity contribution is 7.25. The van der Waals surface area contributed by atoms with Gasteiger partial charge in [0.2, 0.25) is 0 Å². The lowest BCUT2D eigenvalue weighted by Gasteiger charge is -2.30. The first kappa shape index (κ1) is 10.8. The second kappa shape index (κ2) is 4.27. The molecule has 72 valence electrons. The number of benzene rings is 1. The molecule has 0 radical (unpaired) electrons. The Kier molecular flexibility index (Phi) is 3.53.